The van der Waals surface area contributed by atoms with Crippen LogP contribution >= 0.6 is 0 Å². The van der Waals surface area contributed by atoms with Crippen LogP contribution in [0.25, 0.3) is 0 Å². The third-order valence-corrected chi connectivity index (χ3v) is 2.60. The molecule has 15 heavy (non-hydrogen) atoms. The maximum Gasteiger partial charge on any atom is 0.128 e. The van der Waals surface area contributed by atoms with E-state index in [1.807, 2.05) is 37.3 Å². The first-order chi connectivity index (χ1) is 7.27. The van der Waals surface area contributed by atoms with Crippen molar-refractivity contribution >= 4 is 5.84 Å². The van der Waals surface area contributed by atoms with Crippen molar-refractivity contribution in [3.63, 3.8) is 0 Å². The van der Waals surface area contributed by atoms with Crippen molar-refractivity contribution in [3.8, 4) is 0 Å². The SMILES string of the molecule is CC1CN(C(=N)c2ccccc2)CCO1. The van der Waals surface area contributed by atoms with Gasteiger partial charge in [0.15, 0.2) is 0 Å². The smallest absolute Gasteiger partial charge is 0.128 e. The van der Waals surface area contributed by atoms with Crippen molar-refractivity contribution in [2.75, 3.05) is 19.7 Å². The van der Waals surface area contributed by atoms with Crippen molar-refractivity contribution in [1.29, 1.82) is 5.41 Å². The van der Waals surface area contributed by atoms with E-state index in [2.05, 4.69) is 4.90 Å². The second-order valence-electron chi connectivity index (χ2n) is 3.84. The van der Waals surface area contributed by atoms with Gasteiger partial charge < -0.3 is 9.64 Å². The van der Waals surface area contributed by atoms with Gasteiger partial charge in [0.25, 0.3) is 0 Å². The molecule has 80 valence electrons. The van der Waals surface area contributed by atoms with E-state index in [1.165, 1.54) is 0 Å². The van der Waals surface area contributed by atoms with Crippen LogP contribution in [0.4, 0.5) is 0 Å². The van der Waals surface area contributed by atoms with E-state index in [0.29, 0.717) is 5.84 Å². The highest BCUT2D eigenvalue weighted by Crippen LogP contribution is 2.09. The van der Waals surface area contributed by atoms with Crippen LogP contribution in [0.3, 0.4) is 0 Å². The number of hydrogen-bond donors (Lipinski definition) is 1. The third-order valence-electron chi connectivity index (χ3n) is 2.60. The molecule has 1 saturated heterocycles. The molecule has 0 bridgehead atoms. The number of hydrogen-bond acceptors (Lipinski definition) is 2. The molecule has 1 heterocycles. The number of rotatable bonds is 1. The molecule has 1 fully saturated rings. The highest BCUT2D eigenvalue weighted by atomic mass is 16.5. The average Bonchev–Trinajstić information content (AvgIpc) is 2.29. The van der Waals surface area contributed by atoms with Gasteiger partial charge in [0.05, 0.1) is 12.7 Å². The monoisotopic (exact) mass is 204 g/mol. The van der Waals surface area contributed by atoms with Crippen LogP contribution in [0.2, 0.25) is 0 Å². The summed E-state index contributed by atoms with van der Waals surface area (Å²) < 4.78 is 5.46. The van der Waals surface area contributed by atoms with Crippen LogP contribution in [0.15, 0.2) is 30.3 Å². The lowest BCUT2D eigenvalue weighted by molar-refractivity contribution is 0.00573. The predicted octanol–water partition coefficient (Wildman–Crippen LogP) is 1.73. The van der Waals surface area contributed by atoms with Gasteiger partial charge in [0.1, 0.15) is 5.84 Å². The molecule has 1 unspecified atom stereocenters. The Morgan fingerprint density at radius 3 is 2.80 bits per heavy atom. The van der Waals surface area contributed by atoms with Crippen molar-refractivity contribution in [1.82, 2.24) is 4.90 Å². The first kappa shape index (κ1) is 10.2. The molecular formula is C12H16N2O. The molecule has 1 N–H and O–H groups in total. The van der Waals surface area contributed by atoms with Crippen LogP contribution in [0.5, 0.6) is 0 Å². The largest absolute Gasteiger partial charge is 0.375 e. The Morgan fingerprint density at radius 1 is 1.40 bits per heavy atom. The van der Waals surface area contributed by atoms with Crippen LogP contribution in [-0.4, -0.2) is 36.5 Å². The van der Waals surface area contributed by atoms with Gasteiger partial charge in [0, 0.05) is 18.7 Å². The molecule has 0 amide bonds. The molecule has 0 aliphatic carbocycles. The van der Waals surface area contributed by atoms with Crippen LogP contribution in [0, 0.1) is 5.41 Å². The Balaban J connectivity index is 2.08. The summed E-state index contributed by atoms with van der Waals surface area (Å²) in [7, 11) is 0. The molecule has 1 aromatic rings. The van der Waals surface area contributed by atoms with E-state index in [-0.39, 0.29) is 6.10 Å². The summed E-state index contributed by atoms with van der Waals surface area (Å²) in [6.07, 6.45) is 0.225. The topological polar surface area (TPSA) is 36.3 Å². The summed E-state index contributed by atoms with van der Waals surface area (Å²) in [5.41, 5.74) is 0.978. The fraction of sp³-hybridized carbons (Fsp3) is 0.417. The fourth-order valence-electron chi connectivity index (χ4n) is 1.80. The molecule has 0 spiro atoms. The lowest BCUT2D eigenvalue weighted by Crippen LogP contribution is -2.44. The van der Waals surface area contributed by atoms with Crippen LogP contribution in [0.1, 0.15) is 12.5 Å². The van der Waals surface area contributed by atoms with E-state index >= 15 is 0 Å². The molecule has 0 saturated carbocycles. The lowest BCUT2D eigenvalue weighted by atomic mass is 10.1. The highest BCUT2D eigenvalue weighted by molar-refractivity contribution is 5.96. The second kappa shape index (κ2) is 4.45. The molecule has 0 aromatic heterocycles. The third kappa shape index (κ3) is 2.36. The second-order valence-corrected chi connectivity index (χ2v) is 3.84. The van der Waals surface area contributed by atoms with Gasteiger partial charge in [-0.15, -0.1) is 0 Å². The summed E-state index contributed by atoms with van der Waals surface area (Å²) in [4.78, 5) is 2.07. The number of morpholine rings is 1. The molecule has 3 heteroatoms. The highest BCUT2D eigenvalue weighted by Gasteiger charge is 2.19. The Morgan fingerprint density at radius 2 is 2.13 bits per heavy atom. The van der Waals surface area contributed by atoms with Crippen LogP contribution < -0.4 is 0 Å². The number of ether oxygens (including phenoxy) is 1. The van der Waals surface area contributed by atoms with Crippen LogP contribution in [-0.2, 0) is 4.74 Å². The zero-order chi connectivity index (χ0) is 10.7. The zero-order valence-corrected chi connectivity index (χ0v) is 8.94. The summed E-state index contributed by atoms with van der Waals surface area (Å²) in [5, 5.41) is 8.08. The van der Waals surface area contributed by atoms with Crippen molar-refractivity contribution in [3.05, 3.63) is 35.9 Å². The van der Waals surface area contributed by atoms with E-state index < -0.39 is 0 Å². The van der Waals surface area contributed by atoms with Crippen molar-refractivity contribution in [2.24, 2.45) is 0 Å². The Labute approximate surface area is 90.2 Å². The minimum absolute atomic E-state index is 0.225. The fourth-order valence-corrected chi connectivity index (χ4v) is 1.80. The van der Waals surface area contributed by atoms with E-state index in [1.54, 1.807) is 0 Å². The average molecular weight is 204 g/mol. The quantitative estimate of drug-likeness (QED) is 0.558. The zero-order valence-electron chi connectivity index (χ0n) is 8.94. The van der Waals surface area contributed by atoms with Gasteiger partial charge in [-0.05, 0) is 6.92 Å². The molecule has 1 atom stereocenters. The predicted molar refractivity (Wildman–Crippen MR) is 60.3 cm³/mol. The van der Waals surface area contributed by atoms with Crippen molar-refractivity contribution < 1.29 is 4.74 Å². The molecule has 1 aromatic carbocycles. The van der Waals surface area contributed by atoms with Gasteiger partial charge in [-0.3, -0.25) is 5.41 Å². The Hall–Kier alpha value is -1.35. The Kier molecular flexibility index (Phi) is 3.02. The lowest BCUT2D eigenvalue weighted by Gasteiger charge is -2.33. The first-order valence-electron chi connectivity index (χ1n) is 5.28. The van der Waals surface area contributed by atoms with Gasteiger partial charge in [-0.25, -0.2) is 0 Å². The molecule has 3 nitrogen and oxygen atoms in total. The first-order valence-corrected chi connectivity index (χ1v) is 5.28. The number of nitrogens with one attached hydrogen (secondary N) is 1. The molecule has 1 aliphatic heterocycles. The standard InChI is InChI=1S/C12H16N2O/c1-10-9-14(7-8-15-10)12(13)11-5-3-2-4-6-11/h2-6,10,13H,7-9H2,1H3. The number of amidine groups is 1. The van der Waals surface area contributed by atoms with Gasteiger partial charge in [-0.1, -0.05) is 30.3 Å². The van der Waals surface area contributed by atoms with Gasteiger partial charge in [-0.2, -0.15) is 0 Å². The molecular weight excluding hydrogens is 188 g/mol. The van der Waals surface area contributed by atoms with Crippen molar-refractivity contribution in [2.45, 2.75) is 13.0 Å². The minimum Gasteiger partial charge on any atom is -0.375 e. The van der Waals surface area contributed by atoms with Gasteiger partial charge in [0.2, 0.25) is 0 Å². The summed E-state index contributed by atoms with van der Waals surface area (Å²) in [5.74, 6) is 0.603. The van der Waals surface area contributed by atoms with E-state index in [9.17, 15) is 0 Å². The minimum atomic E-state index is 0.225. The molecule has 1 aliphatic rings. The molecule has 0 radical (unpaired) electrons. The normalized spacial score (nSPS) is 21.4. The maximum absolute atomic E-state index is 8.08. The summed E-state index contributed by atoms with van der Waals surface area (Å²) in [6, 6.07) is 9.85. The molecule has 2 rings (SSSR count). The summed E-state index contributed by atoms with van der Waals surface area (Å²) >= 11 is 0. The van der Waals surface area contributed by atoms with Gasteiger partial charge >= 0.3 is 0 Å². The Bertz CT molecular complexity index is 337. The number of benzene rings is 1. The van der Waals surface area contributed by atoms with E-state index in [4.69, 9.17) is 10.1 Å². The van der Waals surface area contributed by atoms with E-state index in [0.717, 1.165) is 25.3 Å². The summed E-state index contributed by atoms with van der Waals surface area (Å²) in [6.45, 7) is 4.40. The number of nitrogens with zero attached hydrogens (tertiary/aromatic N) is 1. The maximum atomic E-state index is 8.08.